The van der Waals surface area contributed by atoms with Gasteiger partial charge in [-0.2, -0.15) is 0 Å². The minimum absolute atomic E-state index is 0.159. The quantitative estimate of drug-likeness (QED) is 0.673. The molecule has 0 bridgehead atoms. The molecule has 31 heavy (non-hydrogen) atoms. The summed E-state index contributed by atoms with van der Waals surface area (Å²) in [5.74, 6) is -3.06. The number of benzene rings is 2. The van der Waals surface area contributed by atoms with Gasteiger partial charge in [0, 0.05) is 25.2 Å². The van der Waals surface area contributed by atoms with Crippen LogP contribution in [0.4, 0.5) is 8.78 Å². The van der Waals surface area contributed by atoms with Crippen molar-refractivity contribution in [1.29, 1.82) is 0 Å². The van der Waals surface area contributed by atoms with Gasteiger partial charge < -0.3 is 19.8 Å². The molecule has 8 heteroatoms. The van der Waals surface area contributed by atoms with Gasteiger partial charge in [0.2, 0.25) is 0 Å². The smallest absolute Gasteiger partial charge is 0.328 e. The van der Waals surface area contributed by atoms with Crippen molar-refractivity contribution in [2.24, 2.45) is 0 Å². The van der Waals surface area contributed by atoms with Crippen molar-refractivity contribution >= 4 is 11.9 Å². The first-order valence-electron chi connectivity index (χ1n) is 9.73. The molecular formula is C23H25F2NO5. The van der Waals surface area contributed by atoms with Gasteiger partial charge in [0.1, 0.15) is 17.7 Å². The molecule has 0 atom stereocenters. The van der Waals surface area contributed by atoms with Crippen LogP contribution in [0.3, 0.4) is 0 Å². The summed E-state index contributed by atoms with van der Waals surface area (Å²) in [6.07, 6.45) is 2.91. The van der Waals surface area contributed by atoms with Gasteiger partial charge in [0.15, 0.2) is 0 Å². The number of carbonyl (C=O) groups is 2. The first-order valence-corrected chi connectivity index (χ1v) is 9.73. The Morgan fingerprint density at radius 2 is 1.29 bits per heavy atom. The maximum atomic E-state index is 13.2. The minimum Gasteiger partial charge on any atom is -0.478 e. The van der Waals surface area contributed by atoms with Crippen molar-refractivity contribution in [2.75, 3.05) is 20.1 Å². The summed E-state index contributed by atoms with van der Waals surface area (Å²) >= 11 is 0. The van der Waals surface area contributed by atoms with E-state index in [-0.39, 0.29) is 23.8 Å². The molecule has 1 fully saturated rings. The van der Waals surface area contributed by atoms with Crippen molar-refractivity contribution in [1.82, 2.24) is 4.90 Å². The summed E-state index contributed by atoms with van der Waals surface area (Å²) in [5.41, 5.74) is 1.77. The molecule has 0 aromatic heterocycles. The van der Waals surface area contributed by atoms with E-state index in [9.17, 15) is 18.4 Å². The summed E-state index contributed by atoms with van der Waals surface area (Å²) in [7, 11) is 2.10. The summed E-state index contributed by atoms with van der Waals surface area (Å²) in [6.45, 7) is 2.01. The molecule has 0 saturated carbocycles. The number of carboxylic acid groups (broad SMARTS) is 2. The molecule has 0 spiro atoms. The van der Waals surface area contributed by atoms with E-state index in [4.69, 9.17) is 14.9 Å². The lowest BCUT2D eigenvalue weighted by Gasteiger charge is -2.32. The van der Waals surface area contributed by atoms with E-state index in [0.717, 1.165) is 37.1 Å². The Kier molecular flexibility index (Phi) is 9.30. The van der Waals surface area contributed by atoms with E-state index in [1.165, 1.54) is 24.3 Å². The van der Waals surface area contributed by atoms with E-state index in [1.54, 1.807) is 24.3 Å². The van der Waals surface area contributed by atoms with Gasteiger partial charge in [-0.15, -0.1) is 0 Å². The molecule has 1 aliphatic heterocycles. The van der Waals surface area contributed by atoms with Gasteiger partial charge in [-0.1, -0.05) is 24.3 Å². The third-order valence-corrected chi connectivity index (χ3v) is 4.71. The normalized spacial score (nSPS) is 15.0. The average Bonchev–Trinajstić information content (AvgIpc) is 2.74. The Balaban J connectivity index is 0.000000366. The summed E-state index contributed by atoms with van der Waals surface area (Å²) < 4.78 is 32.7. The maximum Gasteiger partial charge on any atom is 0.328 e. The molecule has 2 N–H and O–H groups in total. The highest BCUT2D eigenvalue weighted by atomic mass is 19.1. The molecule has 2 aromatic carbocycles. The first kappa shape index (κ1) is 24.2. The number of carboxylic acids is 2. The van der Waals surface area contributed by atoms with E-state index >= 15 is 0 Å². The fourth-order valence-corrected chi connectivity index (χ4v) is 3.08. The Morgan fingerprint density at radius 1 is 0.903 bits per heavy atom. The monoisotopic (exact) mass is 433 g/mol. The Hall–Kier alpha value is -3.10. The Bertz CT molecular complexity index is 814. The van der Waals surface area contributed by atoms with Crippen LogP contribution in [0.2, 0.25) is 0 Å². The molecule has 1 saturated heterocycles. The van der Waals surface area contributed by atoms with Crippen LogP contribution >= 0.6 is 0 Å². The van der Waals surface area contributed by atoms with E-state index in [1.807, 2.05) is 0 Å². The predicted octanol–water partition coefficient (Wildman–Crippen LogP) is 3.88. The van der Waals surface area contributed by atoms with Crippen LogP contribution in [0.5, 0.6) is 0 Å². The van der Waals surface area contributed by atoms with Gasteiger partial charge in [0.25, 0.3) is 0 Å². The summed E-state index contributed by atoms with van der Waals surface area (Å²) in [4.78, 5) is 21.4. The van der Waals surface area contributed by atoms with Crippen molar-refractivity contribution in [3.8, 4) is 0 Å². The molecule has 1 heterocycles. The van der Waals surface area contributed by atoms with Crippen LogP contribution in [0.15, 0.2) is 60.7 Å². The molecule has 1 aliphatic rings. The number of rotatable bonds is 6. The number of hydrogen-bond acceptors (Lipinski definition) is 4. The average molecular weight is 433 g/mol. The molecule has 166 valence electrons. The minimum atomic E-state index is -1.26. The van der Waals surface area contributed by atoms with Crippen LogP contribution in [0, 0.1) is 11.6 Å². The largest absolute Gasteiger partial charge is 0.478 e. The number of aliphatic carboxylic acids is 2. The van der Waals surface area contributed by atoms with Gasteiger partial charge in [-0.25, -0.2) is 18.4 Å². The van der Waals surface area contributed by atoms with E-state index < -0.39 is 11.9 Å². The van der Waals surface area contributed by atoms with Gasteiger partial charge in [-0.3, -0.25) is 0 Å². The highest BCUT2D eigenvalue weighted by Crippen LogP contribution is 2.30. The molecular weight excluding hydrogens is 408 g/mol. The zero-order chi connectivity index (χ0) is 22.8. The van der Waals surface area contributed by atoms with Gasteiger partial charge >= 0.3 is 11.9 Å². The van der Waals surface area contributed by atoms with Crippen LogP contribution < -0.4 is 0 Å². The zero-order valence-corrected chi connectivity index (χ0v) is 17.1. The number of ether oxygens (including phenoxy) is 1. The zero-order valence-electron chi connectivity index (χ0n) is 17.1. The summed E-state index contributed by atoms with van der Waals surface area (Å²) in [5, 5.41) is 15.6. The molecule has 0 aliphatic carbocycles. The second-order valence-corrected chi connectivity index (χ2v) is 7.13. The number of nitrogens with zero attached hydrogens (tertiary/aromatic N) is 1. The van der Waals surface area contributed by atoms with E-state index in [2.05, 4.69) is 11.9 Å². The molecule has 6 nitrogen and oxygen atoms in total. The second kappa shape index (κ2) is 11.9. The summed E-state index contributed by atoms with van der Waals surface area (Å²) in [6, 6.07) is 12.7. The third-order valence-electron chi connectivity index (χ3n) is 4.71. The van der Waals surface area contributed by atoms with Crippen molar-refractivity contribution in [3.05, 3.63) is 83.4 Å². The lowest BCUT2D eigenvalue weighted by atomic mass is 10.00. The van der Waals surface area contributed by atoms with Gasteiger partial charge in [-0.05, 0) is 55.3 Å². The SMILES string of the molecule is CN1CCC(OC(c2ccc(F)cc2)c2ccc(F)cc2)CC1.O=C(O)/C=C/C(=O)O. The lowest BCUT2D eigenvalue weighted by molar-refractivity contribution is -0.134. The Labute approximate surface area is 179 Å². The fraction of sp³-hybridized carbons (Fsp3) is 0.304. The molecule has 2 aromatic rings. The molecule has 0 radical (unpaired) electrons. The number of piperidine rings is 1. The van der Waals surface area contributed by atoms with Gasteiger partial charge in [0.05, 0.1) is 6.10 Å². The van der Waals surface area contributed by atoms with Crippen LogP contribution in [-0.4, -0.2) is 53.3 Å². The van der Waals surface area contributed by atoms with Crippen molar-refractivity contribution in [3.63, 3.8) is 0 Å². The first-order chi connectivity index (χ1) is 14.7. The molecule has 0 unspecified atom stereocenters. The maximum absolute atomic E-state index is 13.2. The standard InChI is InChI=1S/C19H21F2NO.C4H4O4/c1-22-12-10-18(11-13-22)23-19(14-2-6-16(20)7-3-14)15-4-8-17(21)9-5-15;5-3(6)1-2-4(7)8/h2-9,18-19H,10-13H2,1H3;1-2H,(H,5,6)(H,7,8)/b;2-1+. The lowest BCUT2D eigenvalue weighted by Crippen LogP contribution is -2.35. The number of halogens is 2. The number of likely N-dealkylation sites (tertiary alicyclic amines) is 1. The van der Waals surface area contributed by atoms with Crippen LogP contribution in [-0.2, 0) is 14.3 Å². The van der Waals surface area contributed by atoms with Crippen molar-refractivity contribution in [2.45, 2.75) is 25.0 Å². The van der Waals surface area contributed by atoms with Crippen LogP contribution in [0.25, 0.3) is 0 Å². The van der Waals surface area contributed by atoms with Crippen LogP contribution in [0.1, 0.15) is 30.1 Å². The second-order valence-electron chi connectivity index (χ2n) is 7.13. The topological polar surface area (TPSA) is 87.1 Å². The predicted molar refractivity (Wildman–Crippen MR) is 111 cm³/mol. The molecule has 0 amide bonds. The highest BCUT2D eigenvalue weighted by Gasteiger charge is 2.23. The third kappa shape index (κ3) is 8.65. The van der Waals surface area contributed by atoms with Crippen molar-refractivity contribution < 1.29 is 33.3 Å². The molecule has 3 rings (SSSR count). The number of hydrogen-bond donors (Lipinski definition) is 2. The Morgan fingerprint density at radius 3 is 1.65 bits per heavy atom. The fourth-order valence-electron chi connectivity index (χ4n) is 3.08. The van der Waals surface area contributed by atoms with E-state index in [0.29, 0.717) is 12.2 Å². The highest BCUT2D eigenvalue weighted by molar-refractivity contribution is 5.89.